The molecule has 6 nitrogen and oxygen atoms in total. The highest BCUT2D eigenvalue weighted by molar-refractivity contribution is 7.92. The molecule has 0 atom stereocenters. The van der Waals surface area contributed by atoms with Gasteiger partial charge in [-0.25, -0.2) is 18.2 Å². The Labute approximate surface area is 109 Å². The van der Waals surface area contributed by atoms with E-state index in [0.29, 0.717) is 0 Å². The highest BCUT2D eigenvalue weighted by Gasteiger charge is 2.14. The van der Waals surface area contributed by atoms with Crippen molar-refractivity contribution in [2.24, 2.45) is 0 Å². The van der Waals surface area contributed by atoms with E-state index in [2.05, 4.69) is 9.71 Å². The molecule has 0 radical (unpaired) electrons. The smallest absolute Gasteiger partial charge is 0.337 e. The first-order chi connectivity index (χ1) is 8.99. The van der Waals surface area contributed by atoms with Gasteiger partial charge >= 0.3 is 5.97 Å². The highest BCUT2D eigenvalue weighted by Crippen LogP contribution is 2.13. The summed E-state index contributed by atoms with van der Waals surface area (Å²) in [6.07, 6.45) is 1.09. The number of carboxylic acids is 1. The number of anilines is 1. The summed E-state index contributed by atoms with van der Waals surface area (Å²) in [6.45, 7) is 0. The fourth-order valence-corrected chi connectivity index (χ4v) is 2.41. The molecule has 0 unspecified atom stereocenters. The number of carboxylic acid groups (broad SMARTS) is 1. The summed E-state index contributed by atoms with van der Waals surface area (Å²) in [7, 11) is -3.71. The molecule has 2 N–H and O–H groups in total. The molecule has 0 saturated heterocycles. The number of hydrogen-bond acceptors (Lipinski definition) is 4. The van der Waals surface area contributed by atoms with Crippen molar-refractivity contribution in [2.45, 2.75) is 4.90 Å². The van der Waals surface area contributed by atoms with Gasteiger partial charge in [0.1, 0.15) is 5.82 Å². The Kier molecular flexibility index (Phi) is 3.48. The SMILES string of the molecule is O=C(O)c1ccc(NS(=O)(=O)c2ccccc2)nc1. The zero-order valence-electron chi connectivity index (χ0n) is 9.65. The Hall–Kier alpha value is -2.41. The molecule has 2 rings (SSSR count). The second-order valence-electron chi connectivity index (χ2n) is 3.66. The molecule has 0 fully saturated rings. The van der Waals surface area contributed by atoms with Crippen LogP contribution < -0.4 is 4.72 Å². The van der Waals surface area contributed by atoms with Gasteiger partial charge in [-0.15, -0.1) is 0 Å². The molecule has 1 aromatic heterocycles. The van der Waals surface area contributed by atoms with E-state index in [9.17, 15) is 13.2 Å². The molecular weight excluding hydrogens is 268 g/mol. The van der Waals surface area contributed by atoms with Crippen molar-refractivity contribution in [3.05, 3.63) is 54.2 Å². The van der Waals surface area contributed by atoms with Crippen LogP contribution in [0.4, 0.5) is 5.82 Å². The second-order valence-corrected chi connectivity index (χ2v) is 5.34. The lowest BCUT2D eigenvalue weighted by Crippen LogP contribution is -2.14. The number of aromatic carboxylic acids is 1. The standard InChI is InChI=1S/C12H10N2O4S/c15-12(16)9-6-7-11(13-8-9)14-19(17,18)10-4-2-1-3-5-10/h1-8H,(H,13,14)(H,15,16). The Morgan fingerprint density at radius 3 is 2.32 bits per heavy atom. The molecule has 0 aliphatic rings. The molecule has 0 amide bonds. The maximum atomic E-state index is 12.0. The summed E-state index contributed by atoms with van der Waals surface area (Å²) in [5, 5.41) is 8.71. The third-order valence-corrected chi connectivity index (χ3v) is 3.67. The van der Waals surface area contributed by atoms with Crippen LogP contribution >= 0.6 is 0 Å². The second kappa shape index (κ2) is 5.07. The Morgan fingerprint density at radius 1 is 1.11 bits per heavy atom. The number of nitrogens with zero attached hydrogens (tertiary/aromatic N) is 1. The minimum absolute atomic E-state index is 0.0114. The number of hydrogen-bond donors (Lipinski definition) is 2. The van der Waals surface area contributed by atoms with Crippen LogP contribution in [0.25, 0.3) is 0 Å². The van der Waals surface area contributed by atoms with Crippen molar-refractivity contribution in [1.29, 1.82) is 0 Å². The van der Waals surface area contributed by atoms with Crippen molar-refractivity contribution in [1.82, 2.24) is 4.98 Å². The third kappa shape index (κ3) is 3.08. The number of aromatic nitrogens is 1. The van der Waals surface area contributed by atoms with Crippen LogP contribution in [0.2, 0.25) is 0 Å². The van der Waals surface area contributed by atoms with Gasteiger partial charge in [-0.05, 0) is 24.3 Å². The van der Waals surface area contributed by atoms with E-state index < -0.39 is 16.0 Å². The molecule has 19 heavy (non-hydrogen) atoms. The number of carbonyl (C=O) groups is 1. The van der Waals surface area contributed by atoms with Gasteiger partial charge in [-0.1, -0.05) is 18.2 Å². The number of nitrogens with one attached hydrogen (secondary N) is 1. The lowest BCUT2D eigenvalue weighted by atomic mass is 10.3. The van der Waals surface area contributed by atoms with Crippen molar-refractivity contribution in [3.63, 3.8) is 0 Å². The number of sulfonamides is 1. The quantitative estimate of drug-likeness (QED) is 0.885. The predicted octanol–water partition coefficient (Wildman–Crippen LogP) is 1.58. The van der Waals surface area contributed by atoms with Crippen LogP contribution in [0.5, 0.6) is 0 Å². The summed E-state index contributed by atoms with van der Waals surface area (Å²) < 4.78 is 26.2. The van der Waals surface area contributed by atoms with E-state index >= 15 is 0 Å². The topological polar surface area (TPSA) is 96.4 Å². The van der Waals surface area contributed by atoms with Crippen molar-refractivity contribution in [3.8, 4) is 0 Å². The summed E-state index contributed by atoms with van der Waals surface area (Å²) in [4.78, 5) is 14.5. The van der Waals surface area contributed by atoms with Crippen LogP contribution in [0.1, 0.15) is 10.4 Å². The van der Waals surface area contributed by atoms with Crippen LogP contribution in [0.15, 0.2) is 53.6 Å². The molecular formula is C12H10N2O4S. The summed E-state index contributed by atoms with van der Waals surface area (Å²) in [5.74, 6) is -1.06. The largest absolute Gasteiger partial charge is 0.478 e. The van der Waals surface area contributed by atoms with Gasteiger partial charge in [0.25, 0.3) is 10.0 Å². The van der Waals surface area contributed by atoms with E-state index in [1.165, 1.54) is 24.3 Å². The lowest BCUT2D eigenvalue weighted by molar-refractivity contribution is 0.0696. The van der Waals surface area contributed by atoms with Crippen molar-refractivity contribution < 1.29 is 18.3 Å². The maximum Gasteiger partial charge on any atom is 0.337 e. The molecule has 0 spiro atoms. The predicted molar refractivity (Wildman–Crippen MR) is 68.4 cm³/mol. The molecule has 0 bridgehead atoms. The average Bonchev–Trinajstić information content (AvgIpc) is 2.40. The molecule has 7 heteroatoms. The highest BCUT2D eigenvalue weighted by atomic mass is 32.2. The fraction of sp³-hybridized carbons (Fsp3) is 0. The number of rotatable bonds is 4. The van der Waals surface area contributed by atoms with Gasteiger partial charge in [0.2, 0.25) is 0 Å². The van der Waals surface area contributed by atoms with Crippen LogP contribution in [0, 0.1) is 0 Å². The summed E-state index contributed by atoms with van der Waals surface area (Å²) >= 11 is 0. The fourth-order valence-electron chi connectivity index (χ4n) is 1.38. The molecule has 98 valence electrons. The third-order valence-electron chi connectivity index (χ3n) is 2.30. The average molecular weight is 278 g/mol. The summed E-state index contributed by atoms with van der Waals surface area (Å²) in [5.41, 5.74) is -0.0114. The molecule has 1 aromatic carbocycles. The monoisotopic (exact) mass is 278 g/mol. The van der Waals surface area contributed by atoms with Crippen molar-refractivity contribution >= 4 is 21.8 Å². The first kappa shape index (κ1) is 13.0. The van der Waals surface area contributed by atoms with Gasteiger partial charge in [-0.3, -0.25) is 4.72 Å². The van der Waals surface area contributed by atoms with E-state index in [4.69, 9.17) is 5.11 Å². The molecule has 0 aliphatic heterocycles. The maximum absolute atomic E-state index is 12.0. The molecule has 0 saturated carbocycles. The van der Waals surface area contributed by atoms with Gasteiger partial charge < -0.3 is 5.11 Å². The van der Waals surface area contributed by atoms with Gasteiger partial charge in [0, 0.05) is 6.20 Å². The molecule has 2 aromatic rings. The minimum atomic E-state index is -3.71. The Morgan fingerprint density at radius 2 is 1.79 bits per heavy atom. The minimum Gasteiger partial charge on any atom is -0.478 e. The van der Waals surface area contributed by atoms with E-state index in [1.54, 1.807) is 18.2 Å². The Balaban J connectivity index is 2.24. The normalized spacial score (nSPS) is 10.9. The van der Waals surface area contributed by atoms with E-state index in [-0.39, 0.29) is 16.3 Å². The summed E-state index contributed by atoms with van der Waals surface area (Å²) in [6, 6.07) is 10.4. The van der Waals surface area contributed by atoms with E-state index in [1.807, 2.05) is 0 Å². The first-order valence-electron chi connectivity index (χ1n) is 5.26. The van der Waals surface area contributed by atoms with Gasteiger partial charge in [-0.2, -0.15) is 0 Å². The first-order valence-corrected chi connectivity index (χ1v) is 6.74. The van der Waals surface area contributed by atoms with E-state index in [0.717, 1.165) is 6.20 Å². The van der Waals surface area contributed by atoms with Gasteiger partial charge in [0.15, 0.2) is 0 Å². The number of pyridine rings is 1. The lowest BCUT2D eigenvalue weighted by Gasteiger charge is -2.07. The van der Waals surface area contributed by atoms with Crippen LogP contribution in [-0.4, -0.2) is 24.5 Å². The Bertz CT molecular complexity index is 681. The van der Waals surface area contributed by atoms with Gasteiger partial charge in [0.05, 0.1) is 10.5 Å². The zero-order valence-corrected chi connectivity index (χ0v) is 10.5. The van der Waals surface area contributed by atoms with Crippen LogP contribution in [0.3, 0.4) is 0 Å². The molecule has 0 aliphatic carbocycles. The number of benzene rings is 1. The zero-order chi connectivity index (χ0) is 13.9. The molecule has 1 heterocycles. The van der Waals surface area contributed by atoms with Crippen molar-refractivity contribution in [2.75, 3.05) is 4.72 Å². The van der Waals surface area contributed by atoms with Crippen LogP contribution in [-0.2, 0) is 10.0 Å².